The van der Waals surface area contributed by atoms with E-state index >= 15 is 0 Å². The molecule has 6 heteroatoms. The first-order valence-electron chi connectivity index (χ1n) is 3.46. The Kier molecular flexibility index (Phi) is 2.40. The van der Waals surface area contributed by atoms with Crippen LogP contribution in [-0.4, -0.2) is 15.2 Å². The van der Waals surface area contributed by atoms with Gasteiger partial charge in [0.2, 0.25) is 5.13 Å². The van der Waals surface area contributed by atoms with Gasteiger partial charge in [0.25, 0.3) is 0 Å². The summed E-state index contributed by atoms with van der Waals surface area (Å²) >= 11 is 3.54. The van der Waals surface area contributed by atoms with Crippen LogP contribution < -0.4 is 5.73 Å². The molecule has 0 aliphatic carbocycles. The predicted molar refractivity (Wildman–Crippen MR) is 60.3 cm³/mol. The van der Waals surface area contributed by atoms with Crippen molar-refractivity contribution in [3.63, 3.8) is 0 Å². The van der Waals surface area contributed by atoms with Crippen LogP contribution in [-0.2, 0) is 0 Å². The molecule has 0 bridgehead atoms. The molecule has 0 unspecified atom stereocenters. The summed E-state index contributed by atoms with van der Waals surface area (Å²) < 4.78 is 1.10. The molecule has 13 heavy (non-hydrogen) atoms. The Bertz CT molecular complexity index is 411. The molecular weight excluding hydrogens is 299 g/mol. The SMILES string of the molecule is Nc1nnc(-c2ccc(I)cn2)s1. The minimum absolute atomic E-state index is 0.468. The summed E-state index contributed by atoms with van der Waals surface area (Å²) in [6.45, 7) is 0. The van der Waals surface area contributed by atoms with Crippen LogP contribution in [0.3, 0.4) is 0 Å². The zero-order chi connectivity index (χ0) is 9.26. The summed E-state index contributed by atoms with van der Waals surface area (Å²) in [7, 11) is 0. The van der Waals surface area contributed by atoms with Crippen molar-refractivity contribution in [3.05, 3.63) is 21.9 Å². The van der Waals surface area contributed by atoms with Crippen molar-refractivity contribution in [2.45, 2.75) is 0 Å². The molecule has 0 aliphatic heterocycles. The largest absolute Gasteiger partial charge is 0.374 e. The van der Waals surface area contributed by atoms with Gasteiger partial charge in [-0.1, -0.05) is 11.3 Å². The third-order valence-electron chi connectivity index (χ3n) is 1.39. The molecule has 0 radical (unpaired) electrons. The summed E-state index contributed by atoms with van der Waals surface area (Å²) in [5, 5.41) is 8.84. The normalized spacial score (nSPS) is 10.2. The third kappa shape index (κ3) is 1.94. The van der Waals surface area contributed by atoms with Crippen molar-refractivity contribution in [2.24, 2.45) is 0 Å². The van der Waals surface area contributed by atoms with E-state index in [1.54, 1.807) is 6.20 Å². The molecule has 2 N–H and O–H groups in total. The summed E-state index contributed by atoms with van der Waals surface area (Å²) in [6, 6.07) is 3.88. The van der Waals surface area contributed by atoms with Crippen LogP contribution in [0.2, 0.25) is 0 Å². The predicted octanol–water partition coefficient (Wildman–Crippen LogP) is 1.79. The quantitative estimate of drug-likeness (QED) is 0.816. The van der Waals surface area contributed by atoms with Gasteiger partial charge in [-0.05, 0) is 34.7 Å². The van der Waals surface area contributed by atoms with Gasteiger partial charge in [-0.15, -0.1) is 10.2 Å². The Morgan fingerprint density at radius 1 is 1.31 bits per heavy atom. The van der Waals surface area contributed by atoms with Crippen LogP contribution in [0.25, 0.3) is 10.7 Å². The molecule has 2 aromatic heterocycles. The number of nitrogen functional groups attached to an aromatic ring is 1. The Morgan fingerprint density at radius 2 is 2.15 bits per heavy atom. The zero-order valence-corrected chi connectivity index (χ0v) is 9.41. The maximum atomic E-state index is 5.46. The highest BCUT2D eigenvalue weighted by Gasteiger charge is 2.04. The van der Waals surface area contributed by atoms with Crippen molar-refractivity contribution < 1.29 is 0 Å². The topological polar surface area (TPSA) is 64.7 Å². The van der Waals surface area contributed by atoms with Crippen LogP contribution >= 0.6 is 33.9 Å². The van der Waals surface area contributed by atoms with E-state index in [0.29, 0.717) is 5.13 Å². The second kappa shape index (κ2) is 3.54. The first-order valence-corrected chi connectivity index (χ1v) is 5.36. The number of halogens is 1. The minimum Gasteiger partial charge on any atom is -0.374 e. The molecular formula is C7H5IN4S. The summed E-state index contributed by atoms with van der Waals surface area (Å²) in [4.78, 5) is 4.21. The van der Waals surface area contributed by atoms with Crippen LogP contribution in [0, 0.1) is 3.57 Å². The highest BCUT2D eigenvalue weighted by Crippen LogP contribution is 2.22. The summed E-state index contributed by atoms with van der Waals surface area (Å²) in [5.41, 5.74) is 6.28. The van der Waals surface area contributed by atoms with Gasteiger partial charge in [-0.3, -0.25) is 4.98 Å². The van der Waals surface area contributed by atoms with Crippen molar-refractivity contribution in [1.29, 1.82) is 0 Å². The summed E-state index contributed by atoms with van der Waals surface area (Å²) in [6.07, 6.45) is 1.79. The van der Waals surface area contributed by atoms with Crippen molar-refractivity contribution >= 4 is 39.1 Å². The van der Waals surface area contributed by atoms with Gasteiger partial charge in [0.1, 0.15) is 5.69 Å². The molecule has 4 nitrogen and oxygen atoms in total. The van der Waals surface area contributed by atoms with E-state index in [2.05, 4.69) is 37.8 Å². The zero-order valence-electron chi connectivity index (χ0n) is 6.44. The standard InChI is InChI=1S/C7H5IN4S/c8-4-1-2-5(10-3-4)6-11-12-7(9)13-6/h1-3H,(H2,9,12). The molecule has 2 aromatic rings. The van der Waals surface area contributed by atoms with Gasteiger partial charge >= 0.3 is 0 Å². The molecule has 2 rings (SSSR count). The summed E-state index contributed by atoms with van der Waals surface area (Å²) in [5.74, 6) is 0. The van der Waals surface area contributed by atoms with E-state index in [1.807, 2.05) is 12.1 Å². The third-order valence-corrected chi connectivity index (χ3v) is 2.80. The molecule has 0 amide bonds. The number of nitrogens with zero attached hydrogens (tertiary/aromatic N) is 3. The van der Waals surface area contributed by atoms with Crippen molar-refractivity contribution in [2.75, 3.05) is 5.73 Å². The van der Waals surface area contributed by atoms with Crippen molar-refractivity contribution in [1.82, 2.24) is 15.2 Å². The van der Waals surface area contributed by atoms with Crippen LogP contribution in [0.4, 0.5) is 5.13 Å². The van der Waals surface area contributed by atoms with Gasteiger partial charge in [0.15, 0.2) is 5.01 Å². The fraction of sp³-hybridized carbons (Fsp3) is 0. The van der Waals surface area contributed by atoms with Crippen molar-refractivity contribution in [3.8, 4) is 10.7 Å². The number of hydrogen-bond donors (Lipinski definition) is 1. The second-order valence-corrected chi connectivity index (χ2v) is 4.56. The fourth-order valence-corrected chi connectivity index (χ4v) is 1.75. The Morgan fingerprint density at radius 3 is 2.69 bits per heavy atom. The number of hydrogen-bond acceptors (Lipinski definition) is 5. The van der Waals surface area contributed by atoms with E-state index < -0.39 is 0 Å². The van der Waals surface area contributed by atoms with Crippen LogP contribution in [0.5, 0.6) is 0 Å². The molecule has 0 aliphatic rings. The number of pyridine rings is 1. The van der Waals surface area contributed by atoms with E-state index in [-0.39, 0.29) is 0 Å². The minimum atomic E-state index is 0.468. The van der Waals surface area contributed by atoms with Gasteiger partial charge in [0.05, 0.1) is 0 Å². The lowest BCUT2D eigenvalue weighted by atomic mass is 10.4. The lowest BCUT2D eigenvalue weighted by Gasteiger charge is -1.92. The van der Waals surface area contributed by atoms with Gasteiger partial charge < -0.3 is 5.73 Å². The Hall–Kier alpha value is -0.760. The molecule has 0 saturated carbocycles. The Labute approximate surface area is 92.4 Å². The monoisotopic (exact) mass is 304 g/mol. The number of anilines is 1. The molecule has 0 atom stereocenters. The number of rotatable bonds is 1. The molecule has 2 heterocycles. The van der Waals surface area contributed by atoms with E-state index in [9.17, 15) is 0 Å². The maximum Gasteiger partial charge on any atom is 0.203 e. The van der Waals surface area contributed by atoms with E-state index in [1.165, 1.54) is 11.3 Å². The highest BCUT2D eigenvalue weighted by molar-refractivity contribution is 14.1. The highest BCUT2D eigenvalue weighted by atomic mass is 127. The van der Waals surface area contributed by atoms with Crippen LogP contribution in [0.1, 0.15) is 0 Å². The molecule has 0 saturated heterocycles. The van der Waals surface area contributed by atoms with Gasteiger partial charge in [-0.25, -0.2) is 0 Å². The average molecular weight is 304 g/mol. The number of aromatic nitrogens is 3. The maximum absolute atomic E-state index is 5.46. The Balaban J connectivity index is 2.41. The van der Waals surface area contributed by atoms with Crippen LogP contribution in [0.15, 0.2) is 18.3 Å². The van der Waals surface area contributed by atoms with Gasteiger partial charge in [-0.2, -0.15) is 0 Å². The first kappa shape index (κ1) is 8.82. The van der Waals surface area contributed by atoms with Gasteiger partial charge in [0, 0.05) is 9.77 Å². The molecule has 66 valence electrons. The van der Waals surface area contributed by atoms with E-state index in [4.69, 9.17) is 5.73 Å². The second-order valence-electron chi connectivity index (χ2n) is 2.31. The smallest absolute Gasteiger partial charge is 0.203 e. The molecule has 0 fully saturated rings. The average Bonchev–Trinajstić information content (AvgIpc) is 2.53. The lowest BCUT2D eigenvalue weighted by molar-refractivity contribution is 1.09. The van der Waals surface area contributed by atoms with E-state index in [0.717, 1.165) is 14.3 Å². The fourth-order valence-electron chi connectivity index (χ4n) is 0.840. The molecule has 0 aromatic carbocycles. The first-order chi connectivity index (χ1) is 6.25. The molecule has 0 spiro atoms. The number of nitrogens with two attached hydrogens (primary N) is 1. The lowest BCUT2D eigenvalue weighted by Crippen LogP contribution is -1.83.